The number of benzene rings is 1. The molecule has 2 unspecified atom stereocenters. The quantitative estimate of drug-likeness (QED) is 0.869. The number of nitrogens with two attached hydrogens (primary N) is 1. The van der Waals surface area contributed by atoms with E-state index in [1.807, 2.05) is 30.3 Å². The molecule has 0 aliphatic heterocycles. The van der Waals surface area contributed by atoms with Crippen LogP contribution in [0.1, 0.15) is 24.8 Å². The van der Waals surface area contributed by atoms with Crippen LogP contribution in [0.2, 0.25) is 0 Å². The molecule has 0 radical (unpaired) electrons. The number of alkyl halides is 3. The Bertz CT molecular complexity index is 475. The van der Waals surface area contributed by atoms with Crippen molar-refractivity contribution < 1.29 is 22.7 Å². The Morgan fingerprint density at radius 3 is 2.60 bits per heavy atom. The predicted molar refractivity (Wildman–Crippen MR) is 66.9 cm³/mol. The standard InChI is InChI=1S/C14H16F3NO2/c15-14(16,17)12(19)20-11-7-4-8-13(11,18)9-10-5-2-1-3-6-10/h1-3,5-6,11H,4,7-9,18H2. The summed E-state index contributed by atoms with van der Waals surface area (Å²) in [6.45, 7) is 0. The Hall–Kier alpha value is -1.56. The maximum absolute atomic E-state index is 12.3. The fourth-order valence-corrected chi connectivity index (χ4v) is 2.62. The van der Waals surface area contributed by atoms with Crippen molar-refractivity contribution in [2.24, 2.45) is 5.73 Å². The van der Waals surface area contributed by atoms with Crippen LogP contribution < -0.4 is 5.73 Å². The highest BCUT2D eigenvalue weighted by molar-refractivity contribution is 5.75. The molecule has 0 aromatic heterocycles. The summed E-state index contributed by atoms with van der Waals surface area (Å²) in [5.74, 6) is -2.16. The lowest BCUT2D eigenvalue weighted by atomic mass is 9.88. The Labute approximate surface area is 114 Å². The van der Waals surface area contributed by atoms with Crippen molar-refractivity contribution in [3.8, 4) is 0 Å². The lowest BCUT2D eigenvalue weighted by molar-refractivity contribution is -0.206. The van der Waals surface area contributed by atoms with E-state index >= 15 is 0 Å². The monoisotopic (exact) mass is 287 g/mol. The predicted octanol–water partition coefficient (Wildman–Crippen LogP) is 2.58. The molecule has 1 aliphatic carbocycles. The van der Waals surface area contributed by atoms with Crippen LogP contribution in [0.15, 0.2) is 30.3 Å². The van der Waals surface area contributed by atoms with Crippen molar-refractivity contribution in [2.75, 3.05) is 0 Å². The van der Waals surface area contributed by atoms with E-state index in [0.29, 0.717) is 25.7 Å². The molecular weight excluding hydrogens is 271 g/mol. The second-order valence-electron chi connectivity index (χ2n) is 5.18. The molecular formula is C14H16F3NO2. The number of ether oxygens (including phenoxy) is 1. The molecule has 1 aromatic rings. The summed E-state index contributed by atoms with van der Waals surface area (Å²) in [5, 5.41) is 0. The molecule has 0 amide bonds. The second-order valence-corrected chi connectivity index (χ2v) is 5.18. The minimum Gasteiger partial charge on any atom is -0.454 e. The third kappa shape index (κ3) is 3.30. The summed E-state index contributed by atoms with van der Waals surface area (Å²) in [4.78, 5) is 11.0. The van der Waals surface area contributed by atoms with Crippen LogP contribution in [0.25, 0.3) is 0 Å². The smallest absolute Gasteiger partial charge is 0.454 e. The number of hydrogen-bond acceptors (Lipinski definition) is 3. The first-order valence-corrected chi connectivity index (χ1v) is 6.42. The van der Waals surface area contributed by atoms with Gasteiger partial charge in [-0.3, -0.25) is 0 Å². The minimum absolute atomic E-state index is 0.366. The molecule has 0 heterocycles. The molecule has 3 nitrogen and oxygen atoms in total. The van der Waals surface area contributed by atoms with E-state index in [1.54, 1.807) is 0 Å². The van der Waals surface area contributed by atoms with E-state index in [9.17, 15) is 18.0 Å². The second kappa shape index (κ2) is 5.44. The van der Waals surface area contributed by atoms with Gasteiger partial charge in [0.05, 0.1) is 5.54 Å². The van der Waals surface area contributed by atoms with E-state index in [4.69, 9.17) is 5.73 Å². The summed E-state index contributed by atoms with van der Waals surface area (Å²) < 4.78 is 41.4. The third-order valence-electron chi connectivity index (χ3n) is 3.61. The molecule has 1 aliphatic rings. The normalized spacial score (nSPS) is 26.5. The zero-order chi connectivity index (χ0) is 14.8. The first-order valence-electron chi connectivity index (χ1n) is 6.42. The van der Waals surface area contributed by atoms with Crippen molar-refractivity contribution in [3.63, 3.8) is 0 Å². The molecule has 2 N–H and O–H groups in total. The highest BCUT2D eigenvalue weighted by Gasteiger charge is 2.48. The van der Waals surface area contributed by atoms with E-state index in [2.05, 4.69) is 4.74 Å². The van der Waals surface area contributed by atoms with Crippen LogP contribution in [0.3, 0.4) is 0 Å². The van der Waals surface area contributed by atoms with Crippen molar-refractivity contribution >= 4 is 5.97 Å². The van der Waals surface area contributed by atoms with Crippen LogP contribution in [-0.2, 0) is 16.0 Å². The summed E-state index contributed by atoms with van der Waals surface area (Å²) in [5.41, 5.74) is 6.18. The number of carbonyl (C=O) groups excluding carboxylic acids is 1. The molecule has 0 bridgehead atoms. The highest BCUT2D eigenvalue weighted by atomic mass is 19.4. The summed E-state index contributed by atoms with van der Waals surface area (Å²) in [6, 6.07) is 9.24. The Morgan fingerprint density at radius 1 is 1.35 bits per heavy atom. The Morgan fingerprint density at radius 2 is 2.00 bits per heavy atom. The molecule has 2 rings (SSSR count). The van der Waals surface area contributed by atoms with Gasteiger partial charge >= 0.3 is 12.1 Å². The van der Waals surface area contributed by atoms with E-state index < -0.39 is 23.8 Å². The summed E-state index contributed by atoms with van der Waals surface area (Å²) in [6.07, 6.45) is -3.92. The maximum Gasteiger partial charge on any atom is 0.490 e. The first-order chi connectivity index (χ1) is 9.31. The maximum atomic E-state index is 12.3. The third-order valence-corrected chi connectivity index (χ3v) is 3.61. The topological polar surface area (TPSA) is 52.3 Å². The minimum atomic E-state index is -4.98. The van der Waals surface area contributed by atoms with E-state index in [0.717, 1.165) is 5.56 Å². The van der Waals surface area contributed by atoms with Gasteiger partial charge in [-0.25, -0.2) is 4.79 Å². The lowest BCUT2D eigenvalue weighted by Crippen LogP contribution is -2.51. The van der Waals surface area contributed by atoms with Crippen LogP contribution >= 0.6 is 0 Å². The zero-order valence-electron chi connectivity index (χ0n) is 10.8. The lowest BCUT2D eigenvalue weighted by Gasteiger charge is -2.31. The van der Waals surface area contributed by atoms with Gasteiger partial charge in [-0.15, -0.1) is 0 Å². The van der Waals surface area contributed by atoms with E-state index in [1.165, 1.54) is 0 Å². The van der Waals surface area contributed by atoms with Gasteiger partial charge in [-0.1, -0.05) is 30.3 Å². The fourth-order valence-electron chi connectivity index (χ4n) is 2.62. The summed E-state index contributed by atoms with van der Waals surface area (Å²) >= 11 is 0. The molecule has 110 valence electrons. The van der Waals surface area contributed by atoms with Gasteiger partial charge in [0.1, 0.15) is 6.10 Å². The largest absolute Gasteiger partial charge is 0.490 e. The van der Waals surface area contributed by atoms with Crippen LogP contribution in [-0.4, -0.2) is 23.8 Å². The highest BCUT2D eigenvalue weighted by Crippen LogP contribution is 2.34. The van der Waals surface area contributed by atoms with Gasteiger partial charge in [-0.05, 0) is 31.2 Å². The fraction of sp³-hybridized carbons (Fsp3) is 0.500. The molecule has 1 fully saturated rings. The Balaban J connectivity index is 2.08. The number of carbonyl (C=O) groups is 1. The van der Waals surface area contributed by atoms with Crippen molar-refractivity contribution in [1.82, 2.24) is 0 Å². The Kier molecular flexibility index (Phi) is 4.04. The molecule has 6 heteroatoms. The molecule has 0 spiro atoms. The number of hydrogen-bond donors (Lipinski definition) is 1. The summed E-state index contributed by atoms with van der Waals surface area (Å²) in [7, 11) is 0. The molecule has 1 aromatic carbocycles. The van der Waals surface area contributed by atoms with Gasteiger partial charge in [0.15, 0.2) is 0 Å². The van der Waals surface area contributed by atoms with Crippen molar-refractivity contribution in [3.05, 3.63) is 35.9 Å². The van der Waals surface area contributed by atoms with Crippen molar-refractivity contribution in [1.29, 1.82) is 0 Å². The molecule has 1 saturated carbocycles. The van der Waals surface area contributed by atoms with Gasteiger partial charge in [0.2, 0.25) is 0 Å². The van der Waals surface area contributed by atoms with E-state index in [-0.39, 0.29) is 0 Å². The van der Waals surface area contributed by atoms with Crippen LogP contribution in [0.4, 0.5) is 13.2 Å². The average Bonchev–Trinajstić information content (AvgIpc) is 2.70. The zero-order valence-corrected chi connectivity index (χ0v) is 10.8. The first kappa shape index (κ1) is 14.8. The molecule has 0 saturated heterocycles. The SMILES string of the molecule is NC1(Cc2ccccc2)CCCC1OC(=O)C(F)(F)F. The van der Waals surface area contributed by atoms with Gasteiger partial charge in [0.25, 0.3) is 0 Å². The number of rotatable bonds is 3. The number of halogens is 3. The molecule has 20 heavy (non-hydrogen) atoms. The van der Waals surface area contributed by atoms with Crippen LogP contribution in [0.5, 0.6) is 0 Å². The van der Waals surface area contributed by atoms with Gasteiger partial charge < -0.3 is 10.5 Å². The van der Waals surface area contributed by atoms with Gasteiger partial charge in [0, 0.05) is 0 Å². The average molecular weight is 287 g/mol. The molecule has 2 atom stereocenters. The van der Waals surface area contributed by atoms with Gasteiger partial charge in [-0.2, -0.15) is 13.2 Å². The van der Waals surface area contributed by atoms with Crippen molar-refractivity contribution in [2.45, 2.75) is 43.5 Å². The van der Waals surface area contributed by atoms with Crippen LogP contribution in [0, 0.1) is 0 Å². The number of esters is 1.